The van der Waals surface area contributed by atoms with Crippen molar-refractivity contribution in [3.63, 3.8) is 0 Å². The van der Waals surface area contributed by atoms with Crippen LogP contribution in [0.15, 0.2) is 6.20 Å². The number of hydrogen-bond donors (Lipinski definition) is 2. The fourth-order valence-electron chi connectivity index (χ4n) is 2.00. The molecule has 0 bridgehead atoms. The molecular weight excluding hydrogens is 214 g/mol. The van der Waals surface area contributed by atoms with Crippen LogP contribution in [0.25, 0.3) is 0 Å². The Morgan fingerprint density at radius 2 is 2.18 bits per heavy atom. The molecule has 1 aromatic rings. The van der Waals surface area contributed by atoms with Crippen molar-refractivity contribution in [1.82, 2.24) is 15.1 Å². The second kappa shape index (κ2) is 6.17. The summed E-state index contributed by atoms with van der Waals surface area (Å²) in [6.45, 7) is 8.60. The van der Waals surface area contributed by atoms with Gasteiger partial charge in [-0.15, -0.1) is 0 Å². The van der Waals surface area contributed by atoms with Gasteiger partial charge in [-0.05, 0) is 25.2 Å². The summed E-state index contributed by atoms with van der Waals surface area (Å²) in [6.07, 6.45) is 3.98. The predicted molar refractivity (Wildman–Crippen MR) is 69.8 cm³/mol. The Hall–Kier alpha value is -0.870. The SMILES string of the molecule is Cc1nn(C)cc1CNCC(C)(C)CCCO. The first kappa shape index (κ1) is 14.2. The standard InChI is InChI=1S/C13H25N3O/c1-11-12(9-16(4)15-11)8-14-10-13(2,3)6-5-7-17/h9,14,17H,5-8,10H2,1-4H3. The van der Waals surface area contributed by atoms with Crippen LogP contribution in [-0.2, 0) is 13.6 Å². The third kappa shape index (κ3) is 4.88. The number of rotatable bonds is 7. The molecule has 0 atom stereocenters. The molecular formula is C13H25N3O. The van der Waals surface area contributed by atoms with Gasteiger partial charge in [0.05, 0.1) is 5.69 Å². The van der Waals surface area contributed by atoms with Gasteiger partial charge in [0.25, 0.3) is 0 Å². The summed E-state index contributed by atoms with van der Waals surface area (Å²) in [5.74, 6) is 0. The Bertz CT molecular complexity index is 344. The lowest BCUT2D eigenvalue weighted by atomic mass is 9.88. The summed E-state index contributed by atoms with van der Waals surface area (Å²) < 4.78 is 1.85. The van der Waals surface area contributed by atoms with Crippen LogP contribution in [0.5, 0.6) is 0 Å². The minimum Gasteiger partial charge on any atom is -0.396 e. The Morgan fingerprint density at radius 1 is 1.47 bits per heavy atom. The Kier molecular flexibility index (Phi) is 5.15. The second-order valence-electron chi connectivity index (χ2n) is 5.51. The predicted octanol–water partition coefficient (Wildman–Crippen LogP) is 1.62. The third-order valence-corrected chi connectivity index (χ3v) is 3.05. The average molecular weight is 239 g/mol. The molecule has 1 heterocycles. The number of hydrogen-bond acceptors (Lipinski definition) is 3. The first-order valence-electron chi connectivity index (χ1n) is 6.25. The van der Waals surface area contributed by atoms with Crippen molar-refractivity contribution in [2.75, 3.05) is 13.2 Å². The van der Waals surface area contributed by atoms with Crippen LogP contribution < -0.4 is 5.32 Å². The van der Waals surface area contributed by atoms with Crippen LogP contribution in [0.1, 0.15) is 37.9 Å². The lowest BCUT2D eigenvalue weighted by Crippen LogP contribution is -2.29. The molecule has 4 heteroatoms. The van der Waals surface area contributed by atoms with Crippen LogP contribution in [0.4, 0.5) is 0 Å². The second-order valence-corrected chi connectivity index (χ2v) is 5.51. The maximum absolute atomic E-state index is 8.84. The Balaban J connectivity index is 2.34. The minimum atomic E-state index is 0.235. The topological polar surface area (TPSA) is 50.1 Å². The van der Waals surface area contributed by atoms with Crippen molar-refractivity contribution in [2.45, 2.75) is 40.2 Å². The molecule has 4 nitrogen and oxygen atoms in total. The fraction of sp³-hybridized carbons (Fsp3) is 0.769. The van der Waals surface area contributed by atoms with E-state index in [4.69, 9.17) is 5.11 Å². The van der Waals surface area contributed by atoms with Crippen molar-refractivity contribution in [2.24, 2.45) is 12.5 Å². The maximum atomic E-state index is 8.84. The summed E-state index contributed by atoms with van der Waals surface area (Å²) in [5.41, 5.74) is 2.58. The molecule has 0 spiro atoms. The highest BCUT2D eigenvalue weighted by atomic mass is 16.2. The quantitative estimate of drug-likeness (QED) is 0.760. The van der Waals surface area contributed by atoms with Gasteiger partial charge < -0.3 is 10.4 Å². The van der Waals surface area contributed by atoms with Gasteiger partial charge in [0.1, 0.15) is 0 Å². The van der Waals surface area contributed by atoms with E-state index in [1.807, 2.05) is 18.7 Å². The van der Waals surface area contributed by atoms with Crippen molar-refractivity contribution in [3.8, 4) is 0 Å². The molecule has 17 heavy (non-hydrogen) atoms. The van der Waals surface area contributed by atoms with Crippen LogP contribution in [0, 0.1) is 12.3 Å². The van der Waals surface area contributed by atoms with E-state index in [0.29, 0.717) is 0 Å². The molecule has 1 rings (SSSR count). The van der Waals surface area contributed by atoms with Gasteiger partial charge in [-0.1, -0.05) is 13.8 Å². The maximum Gasteiger partial charge on any atom is 0.0638 e. The van der Waals surface area contributed by atoms with E-state index >= 15 is 0 Å². The molecule has 0 unspecified atom stereocenters. The van der Waals surface area contributed by atoms with E-state index in [0.717, 1.165) is 31.6 Å². The van der Waals surface area contributed by atoms with Crippen LogP contribution >= 0.6 is 0 Å². The highest BCUT2D eigenvalue weighted by Gasteiger charge is 2.16. The van der Waals surface area contributed by atoms with Crippen LogP contribution in [-0.4, -0.2) is 28.0 Å². The van der Waals surface area contributed by atoms with Gasteiger partial charge in [0, 0.05) is 38.5 Å². The Labute approximate surface area is 104 Å². The monoisotopic (exact) mass is 239 g/mol. The molecule has 0 fully saturated rings. The van der Waals surface area contributed by atoms with Crippen LogP contribution in [0.2, 0.25) is 0 Å². The molecule has 1 aromatic heterocycles. The largest absolute Gasteiger partial charge is 0.396 e. The van der Waals surface area contributed by atoms with Crippen molar-refractivity contribution < 1.29 is 5.11 Å². The molecule has 0 aliphatic carbocycles. The number of aromatic nitrogens is 2. The summed E-state index contributed by atoms with van der Waals surface area (Å²) in [7, 11) is 1.95. The molecule has 0 amide bonds. The zero-order valence-electron chi connectivity index (χ0n) is 11.5. The molecule has 0 saturated carbocycles. The highest BCUT2D eigenvalue weighted by molar-refractivity contribution is 5.14. The number of aliphatic hydroxyl groups excluding tert-OH is 1. The lowest BCUT2D eigenvalue weighted by molar-refractivity contribution is 0.236. The van der Waals surface area contributed by atoms with Crippen molar-refractivity contribution in [1.29, 1.82) is 0 Å². The fourth-order valence-corrected chi connectivity index (χ4v) is 2.00. The van der Waals surface area contributed by atoms with Gasteiger partial charge >= 0.3 is 0 Å². The normalized spacial score (nSPS) is 12.1. The summed E-state index contributed by atoms with van der Waals surface area (Å²) in [6, 6.07) is 0. The van der Waals surface area contributed by atoms with Crippen molar-refractivity contribution in [3.05, 3.63) is 17.5 Å². The first-order chi connectivity index (χ1) is 7.94. The van der Waals surface area contributed by atoms with Gasteiger partial charge in [-0.25, -0.2) is 0 Å². The smallest absolute Gasteiger partial charge is 0.0638 e. The van der Waals surface area contributed by atoms with E-state index in [-0.39, 0.29) is 12.0 Å². The molecule has 0 saturated heterocycles. The Morgan fingerprint density at radius 3 is 2.71 bits per heavy atom. The molecule has 98 valence electrons. The molecule has 0 radical (unpaired) electrons. The highest BCUT2D eigenvalue weighted by Crippen LogP contribution is 2.20. The van der Waals surface area contributed by atoms with Gasteiger partial charge in [-0.2, -0.15) is 5.10 Å². The third-order valence-electron chi connectivity index (χ3n) is 3.05. The molecule has 0 aliphatic rings. The number of nitrogens with one attached hydrogen (secondary N) is 1. The molecule has 0 aromatic carbocycles. The van der Waals surface area contributed by atoms with E-state index in [2.05, 4.69) is 30.5 Å². The van der Waals surface area contributed by atoms with Crippen molar-refractivity contribution >= 4 is 0 Å². The lowest BCUT2D eigenvalue weighted by Gasteiger charge is -2.24. The van der Waals surface area contributed by atoms with E-state index < -0.39 is 0 Å². The first-order valence-corrected chi connectivity index (χ1v) is 6.25. The minimum absolute atomic E-state index is 0.235. The van der Waals surface area contributed by atoms with Gasteiger partial charge in [0.2, 0.25) is 0 Å². The average Bonchev–Trinajstić information content (AvgIpc) is 2.55. The number of aliphatic hydroxyl groups is 1. The summed E-state index contributed by atoms with van der Waals surface area (Å²) >= 11 is 0. The number of aryl methyl sites for hydroxylation is 2. The molecule has 0 aliphatic heterocycles. The van der Waals surface area contributed by atoms with Crippen LogP contribution in [0.3, 0.4) is 0 Å². The van der Waals surface area contributed by atoms with Gasteiger partial charge in [-0.3, -0.25) is 4.68 Å². The summed E-state index contributed by atoms with van der Waals surface area (Å²) in [4.78, 5) is 0. The number of nitrogens with zero attached hydrogens (tertiary/aromatic N) is 2. The zero-order chi connectivity index (χ0) is 12.9. The van der Waals surface area contributed by atoms with Gasteiger partial charge in [0.15, 0.2) is 0 Å². The zero-order valence-corrected chi connectivity index (χ0v) is 11.5. The van der Waals surface area contributed by atoms with E-state index in [9.17, 15) is 0 Å². The molecule has 2 N–H and O–H groups in total. The van der Waals surface area contributed by atoms with E-state index in [1.165, 1.54) is 5.56 Å². The summed E-state index contributed by atoms with van der Waals surface area (Å²) in [5, 5.41) is 16.6. The van der Waals surface area contributed by atoms with E-state index in [1.54, 1.807) is 0 Å².